The normalized spacial score (nSPS) is 8.95. The van der Waals surface area contributed by atoms with Crippen LogP contribution < -0.4 is 4.74 Å². The maximum Gasteiger partial charge on any atom is 0.308 e. The Bertz CT molecular complexity index is 723. The molecule has 0 aliphatic carbocycles. The Labute approximate surface area is 126 Å². The van der Waals surface area contributed by atoms with Crippen LogP contribution in [0.15, 0.2) is 36.7 Å². The second-order valence-electron chi connectivity index (χ2n) is 3.98. The minimum atomic E-state index is -0.459. The number of hydrogen-bond donors (Lipinski definition) is 1. The van der Waals surface area contributed by atoms with Gasteiger partial charge in [-0.2, -0.15) is 5.26 Å². The van der Waals surface area contributed by atoms with Crippen LogP contribution in [-0.2, 0) is 4.79 Å². The van der Waals surface area contributed by atoms with Crippen LogP contribution in [0.5, 0.6) is 11.5 Å². The van der Waals surface area contributed by atoms with Gasteiger partial charge in [0, 0.05) is 26.2 Å². The molecule has 0 bridgehead atoms. The molecule has 0 aliphatic heterocycles. The van der Waals surface area contributed by atoms with E-state index in [9.17, 15) is 9.59 Å². The molecule has 112 valence electrons. The zero-order chi connectivity index (χ0) is 16.5. The van der Waals surface area contributed by atoms with Gasteiger partial charge in [-0.05, 0) is 24.3 Å². The molecule has 0 atom stereocenters. The zero-order valence-corrected chi connectivity index (χ0v) is 12.0. The van der Waals surface area contributed by atoms with Crippen molar-refractivity contribution in [2.24, 2.45) is 0 Å². The molecular formula is C15H13N3O4. The molecule has 0 saturated heterocycles. The molecule has 0 fully saturated rings. The van der Waals surface area contributed by atoms with Crippen LogP contribution in [0.25, 0.3) is 0 Å². The number of nitrogens with zero attached hydrogens (tertiary/aromatic N) is 3. The number of hydrogen-bond acceptors (Lipinski definition) is 7. The molecule has 2 heterocycles. The van der Waals surface area contributed by atoms with Crippen LogP contribution >= 0.6 is 0 Å². The lowest BCUT2D eigenvalue weighted by Crippen LogP contribution is -2.03. The highest BCUT2D eigenvalue weighted by molar-refractivity contribution is 5.94. The predicted octanol–water partition coefficient (Wildman–Crippen LogP) is 1.87. The third-order valence-electron chi connectivity index (χ3n) is 2.25. The molecule has 0 aromatic carbocycles. The van der Waals surface area contributed by atoms with Gasteiger partial charge in [-0.25, -0.2) is 9.97 Å². The van der Waals surface area contributed by atoms with Crippen LogP contribution in [-0.4, -0.2) is 26.8 Å². The highest BCUT2D eigenvalue weighted by atomic mass is 16.5. The standard InChI is InChI=1S/C8H6N2O2.C7H7NO2/c1-6(11)12-8-3-2-4-10-7(8)5-9;1-5(9)7-6(10)3-2-4-8-7/h2-4H,1H3;2-4,10H,1H3. The molecule has 0 spiro atoms. The summed E-state index contributed by atoms with van der Waals surface area (Å²) >= 11 is 0. The van der Waals surface area contributed by atoms with Crippen molar-refractivity contribution in [2.45, 2.75) is 13.8 Å². The number of pyridine rings is 2. The average molecular weight is 299 g/mol. The number of carbonyl (C=O) groups is 2. The van der Waals surface area contributed by atoms with Gasteiger partial charge in [-0.1, -0.05) is 0 Å². The van der Waals surface area contributed by atoms with Crippen molar-refractivity contribution in [1.82, 2.24) is 9.97 Å². The minimum absolute atomic E-state index is 0.0602. The van der Waals surface area contributed by atoms with Crippen molar-refractivity contribution in [1.29, 1.82) is 5.26 Å². The van der Waals surface area contributed by atoms with Gasteiger partial charge >= 0.3 is 5.97 Å². The molecule has 0 aliphatic rings. The van der Waals surface area contributed by atoms with E-state index in [1.54, 1.807) is 12.1 Å². The average Bonchev–Trinajstić information content (AvgIpc) is 2.48. The molecule has 2 aromatic rings. The molecule has 7 nitrogen and oxygen atoms in total. The highest BCUT2D eigenvalue weighted by Crippen LogP contribution is 2.13. The second-order valence-corrected chi connectivity index (χ2v) is 3.98. The van der Waals surface area contributed by atoms with Crippen molar-refractivity contribution in [3.05, 3.63) is 48.0 Å². The summed E-state index contributed by atoms with van der Waals surface area (Å²) < 4.78 is 4.71. The summed E-state index contributed by atoms with van der Waals surface area (Å²) in [6.45, 7) is 2.64. The summed E-state index contributed by atoms with van der Waals surface area (Å²) in [4.78, 5) is 28.6. The Morgan fingerprint density at radius 3 is 2.32 bits per heavy atom. The first-order valence-corrected chi connectivity index (χ1v) is 6.14. The Hall–Kier alpha value is -3.27. The van der Waals surface area contributed by atoms with Gasteiger partial charge in [0.2, 0.25) is 0 Å². The lowest BCUT2D eigenvalue weighted by Gasteiger charge is -2.00. The first-order chi connectivity index (χ1) is 10.5. The predicted molar refractivity (Wildman–Crippen MR) is 76.2 cm³/mol. The van der Waals surface area contributed by atoms with Crippen LogP contribution in [0.4, 0.5) is 0 Å². The summed E-state index contributed by atoms with van der Waals surface area (Å²) in [5.41, 5.74) is 0.246. The first kappa shape index (κ1) is 16.8. The number of carbonyl (C=O) groups excluding carboxylic acids is 2. The van der Waals surface area contributed by atoms with Crippen LogP contribution in [0.3, 0.4) is 0 Å². The number of esters is 1. The highest BCUT2D eigenvalue weighted by Gasteiger charge is 2.05. The topological polar surface area (TPSA) is 113 Å². The molecular weight excluding hydrogens is 286 g/mol. The fourth-order valence-corrected chi connectivity index (χ4v) is 1.38. The smallest absolute Gasteiger partial charge is 0.308 e. The molecule has 0 saturated carbocycles. The largest absolute Gasteiger partial charge is 0.506 e. The Balaban J connectivity index is 0.000000224. The van der Waals surface area contributed by atoms with Crippen LogP contribution in [0, 0.1) is 11.3 Å². The Kier molecular flexibility index (Phi) is 6.19. The summed E-state index contributed by atoms with van der Waals surface area (Å²) in [6.07, 6.45) is 2.93. The van der Waals surface area contributed by atoms with Gasteiger partial charge < -0.3 is 9.84 Å². The van der Waals surface area contributed by atoms with Gasteiger partial charge in [-0.3, -0.25) is 9.59 Å². The van der Waals surface area contributed by atoms with E-state index in [0.717, 1.165) is 0 Å². The van der Waals surface area contributed by atoms with E-state index in [2.05, 4.69) is 9.97 Å². The third kappa shape index (κ3) is 5.02. The summed E-state index contributed by atoms with van der Waals surface area (Å²) in [5, 5.41) is 17.5. The molecule has 0 unspecified atom stereocenters. The van der Waals surface area contributed by atoms with E-state index in [1.165, 1.54) is 38.4 Å². The van der Waals surface area contributed by atoms with Crippen molar-refractivity contribution >= 4 is 11.8 Å². The van der Waals surface area contributed by atoms with E-state index >= 15 is 0 Å². The Morgan fingerprint density at radius 1 is 1.18 bits per heavy atom. The molecule has 22 heavy (non-hydrogen) atoms. The second kappa shape index (κ2) is 8.11. The molecule has 0 amide bonds. The maximum atomic E-state index is 10.6. The number of aromatic nitrogens is 2. The van der Waals surface area contributed by atoms with E-state index in [4.69, 9.17) is 15.1 Å². The van der Waals surface area contributed by atoms with Crippen molar-refractivity contribution in [3.63, 3.8) is 0 Å². The van der Waals surface area contributed by atoms with E-state index in [-0.39, 0.29) is 28.7 Å². The van der Waals surface area contributed by atoms with Gasteiger partial charge in [0.05, 0.1) is 0 Å². The third-order valence-corrected chi connectivity index (χ3v) is 2.25. The number of aromatic hydroxyl groups is 1. The van der Waals surface area contributed by atoms with Crippen LogP contribution in [0.1, 0.15) is 30.0 Å². The number of Topliss-reactive ketones (excluding diaryl/α,β-unsaturated/α-hetero) is 1. The zero-order valence-electron chi connectivity index (χ0n) is 12.0. The minimum Gasteiger partial charge on any atom is -0.506 e. The Morgan fingerprint density at radius 2 is 1.82 bits per heavy atom. The quantitative estimate of drug-likeness (QED) is 0.665. The number of nitriles is 1. The van der Waals surface area contributed by atoms with E-state index in [1.807, 2.05) is 6.07 Å². The van der Waals surface area contributed by atoms with E-state index < -0.39 is 5.97 Å². The molecule has 0 radical (unpaired) electrons. The van der Waals surface area contributed by atoms with Crippen molar-refractivity contribution in [3.8, 4) is 17.6 Å². The van der Waals surface area contributed by atoms with E-state index in [0.29, 0.717) is 0 Å². The molecule has 1 N–H and O–H groups in total. The van der Waals surface area contributed by atoms with Crippen molar-refractivity contribution < 1.29 is 19.4 Å². The summed E-state index contributed by atoms with van der Waals surface area (Å²) in [5.74, 6) is -0.542. The van der Waals surface area contributed by atoms with Gasteiger partial charge in [0.15, 0.2) is 17.2 Å². The lowest BCUT2D eigenvalue weighted by molar-refractivity contribution is -0.131. The molecule has 7 heteroatoms. The number of rotatable bonds is 2. The van der Waals surface area contributed by atoms with Gasteiger partial charge in [0.1, 0.15) is 17.5 Å². The molecule has 2 rings (SSSR count). The maximum absolute atomic E-state index is 10.6. The number of ether oxygens (including phenoxy) is 1. The lowest BCUT2D eigenvalue weighted by atomic mass is 10.2. The fraction of sp³-hybridized carbons (Fsp3) is 0.133. The summed E-state index contributed by atoms with van der Waals surface area (Å²) in [6, 6.07) is 7.94. The SMILES string of the molecule is CC(=O)Oc1cccnc1C#N.CC(=O)c1ncccc1O. The van der Waals surface area contributed by atoms with Gasteiger partial charge in [-0.15, -0.1) is 0 Å². The first-order valence-electron chi connectivity index (χ1n) is 6.14. The molecule has 2 aromatic heterocycles. The fourth-order valence-electron chi connectivity index (χ4n) is 1.38. The summed E-state index contributed by atoms with van der Waals surface area (Å²) in [7, 11) is 0. The van der Waals surface area contributed by atoms with Gasteiger partial charge in [0.25, 0.3) is 0 Å². The monoisotopic (exact) mass is 299 g/mol. The van der Waals surface area contributed by atoms with Crippen LogP contribution in [0.2, 0.25) is 0 Å². The number of ketones is 1. The van der Waals surface area contributed by atoms with Crippen molar-refractivity contribution in [2.75, 3.05) is 0 Å².